The number of hydrogen-bond acceptors (Lipinski definition) is 4. The summed E-state index contributed by atoms with van der Waals surface area (Å²) in [5.74, 6) is -2.13. The highest BCUT2D eigenvalue weighted by atomic mass is 35.5. The molecule has 3 heterocycles. The molecule has 6 nitrogen and oxygen atoms in total. The lowest BCUT2D eigenvalue weighted by molar-refractivity contribution is -0.142. The number of nitrogens with one attached hydrogen (secondary N) is 2. The molecule has 2 fully saturated rings. The fraction of sp³-hybridized carbons (Fsp3) is 0.375. The number of imide groups is 1. The lowest BCUT2D eigenvalue weighted by atomic mass is 9.76. The Morgan fingerprint density at radius 1 is 1.06 bits per heavy atom. The summed E-state index contributed by atoms with van der Waals surface area (Å²) in [5.41, 5.74) is 1.04. The van der Waals surface area contributed by atoms with Crippen LogP contribution in [-0.2, 0) is 26.3 Å². The molecule has 5 rings (SSSR count). The van der Waals surface area contributed by atoms with Crippen molar-refractivity contribution in [3.8, 4) is 0 Å². The number of halogens is 1. The van der Waals surface area contributed by atoms with E-state index >= 15 is 0 Å². The highest BCUT2D eigenvalue weighted by molar-refractivity contribution is 6.31. The van der Waals surface area contributed by atoms with Gasteiger partial charge in [0.05, 0.1) is 11.8 Å². The molecule has 3 amide bonds. The molecule has 0 bridgehead atoms. The first-order chi connectivity index (χ1) is 15.0. The molecule has 2 aromatic carbocycles. The molecular formula is C24H24ClN3O3. The molecule has 2 aromatic rings. The molecule has 7 heteroatoms. The SMILES string of the molecule is CCCCN1C(=O)[C@@H]2[C@H](Cc3ccccc3)N[C@]3(C(=O)Nc4ccc(Cl)cc43)[C@@H]2C1=O. The van der Waals surface area contributed by atoms with E-state index in [0.29, 0.717) is 29.2 Å². The number of carbonyl (C=O) groups excluding carboxylic acids is 3. The maximum absolute atomic E-state index is 13.6. The van der Waals surface area contributed by atoms with Crippen molar-refractivity contribution in [1.82, 2.24) is 10.2 Å². The summed E-state index contributed by atoms with van der Waals surface area (Å²) >= 11 is 6.27. The molecule has 0 aromatic heterocycles. The van der Waals surface area contributed by atoms with Crippen LogP contribution in [0.5, 0.6) is 0 Å². The first-order valence-electron chi connectivity index (χ1n) is 10.8. The topological polar surface area (TPSA) is 78.5 Å². The standard InChI is InChI=1S/C24H24ClN3O3/c1-2-3-11-28-21(29)19-18(12-14-7-5-4-6-8-14)27-24(20(19)22(28)30)16-13-15(25)9-10-17(16)26-23(24)31/h4-10,13,18-20,27H,2-3,11-12H2,1H3,(H,26,31)/t18-,19+,20-,24-/m0/s1. The Morgan fingerprint density at radius 2 is 1.84 bits per heavy atom. The number of benzene rings is 2. The molecule has 3 aliphatic heterocycles. The Labute approximate surface area is 185 Å². The van der Waals surface area contributed by atoms with Gasteiger partial charge in [-0.3, -0.25) is 24.6 Å². The molecule has 2 saturated heterocycles. The molecular weight excluding hydrogens is 414 g/mol. The monoisotopic (exact) mass is 437 g/mol. The number of unbranched alkanes of at least 4 members (excludes halogenated alkanes) is 1. The minimum atomic E-state index is -1.29. The summed E-state index contributed by atoms with van der Waals surface area (Å²) in [5, 5.41) is 6.84. The average Bonchev–Trinajstić information content (AvgIpc) is 3.33. The van der Waals surface area contributed by atoms with E-state index in [1.807, 2.05) is 37.3 Å². The highest BCUT2D eigenvalue weighted by Gasteiger charge is 2.70. The maximum Gasteiger partial charge on any atom is 0.250 e. The zero-order chi connectivity index (χ0) is 21.8. The second-order valence-corrected chi connectivity index (χ2v) is 9.01. The van der Waals surface area contributed by atoms with Crippen LogP contribution in [0, 0.1) is 11.8 Å². The quantitative estimate of drug-likeness (QED) is 0.704. The van der Waals surface area contributed by atoms with Gasteiger partial charge >= 0.3 is 0 Å². The summed E-state index contributed by atoms with van der Waals surface area (Å²) in [4.78, 5) is 41.7. The highest BCUT2D eigenvalue weighted by Crippen LogP contribution is 2.53. The van der Waals surface area contributed by atoms with Crippen LogP contribution in [-0.4, -0.2) is 35.2 Å². The van der Waals surface area contributed by atoms with E-state index in [4.69, 9.17) is 11.6 Å². The smallest absolute Gasteiger partial charge is 0.250 e. The molecule has 31 heavy (non-hydrogen) atoms. The fourth-order valence-electron chi connectivity index (χ4n) is 5.41. The van der Waals surface area contributed by atoms with E-state index in [1.165, 1.54) is 4.90 Å². The first kappa shape index (κ1) is 20.2. The van der Waals surface area contributed by atoms with Crippen molar-refractivity contribution < 1.29 is 14.4 Å². The molecule has 0 unspecified atom stereocenters. The van der Waals surface area contributed by atoms with Crippen LogP contribution in [0.3, 0.4) is 0 Å². The number of amides is 3. The Balaban J connectivity index is 1.62. The van der Waals surface area contributed by atoms with Crippen molar-refractivity contribution in [2.75, 3.05) is 11.9 Å². The number of nitrogens with zero attached hydrogens (tertiary/aromatic N) is 1. The lowest BCUT2D eigenvalue weighted by Gasteiger charge is -2.29. The van der Waals surface area contributed by atoms with Gasteiger partial charge in [0.2, 0.25) is 17.7 Å². The van der Waals surface area contributed by atoms with Crippen LogP contribution in [0.15, 0.2) is 48.5 Å². The normalized spacial score (nSPS) is 28.9. The van der Waals surface area contributed by atoms with Crippen molar-refractivity contribution >= 4 is 35.0 Å². The van der Waals surface area contributed by atoms with E-state index in [2.05, 4.69) is 10.6 Å². The van der Waals surface area contributed by atoms with E-state index in [9.17, 15) is 14.4 Å². The summed E-state index contributed by atoms with van der Waals surface area (Å²) in [6.07, 6.45) is 2.17. The van der Waals surface area contributed by atoms with E-state index < -0.39 is 17.4 Å². The summed E-state index contributed by atoms with van der Waals surface area (Å²) in [6.45, 7) is 2.41. The van der Waals surface area contributed by atoms with Crippen molar-refractivity contribution in [2.24, 2.45) is 11.8 Å². The lowest BCUT2D eigenvalue weighted by Crippen LogP contribution is -2.53. The van der Waals surface area contributed by atoms with Crippen molar-refractivity contribution in [2.45, 2.75) is 37.8 Å². The second-order valence-electron chi connectivity index (χ2n) is 8.58. The molecule has 2 N–H and O–H groups in total. The van der Waals surface area contributed by atoms with Crippen LogP contribution >= 0.6 is 11.6 Å². The third kappa shape index (κ3) is 2.92. The fourth-order valence-corrected chi connectivity index (χ4v) is 5.59. The molecule has 0 saturated carbocycles. The van der Waals surface area contributed by atoms with Crippen molar-refractivity contribution in [3.05, 3.63) is 64.7 Å². The van der Waals surface area contributed by atoms with E-state index in [0.717, 1.165) is 18.4 Å². The molecule has 160 valence electrons. The molecule has 0 aliphatic carbocycles. The second kappa shape index (κ2) is 7.46. The minimum absolute atomic E-state index is 0.183. The van der Waals surface area contributed by atoms with Gasteiger partial charge in [0.15, 0.2) is 0 Å². The number of fused-ring (bicyclic) bond motifs is 4. The average molecular weight is 438 g/mol. The predicted molar refractivity (Wildman–Crippen MR) is 117 cm³/mol. The number of hydrogen-bond donors (Lipinski definition) is 2. The summed E-state index contributed by atoms with van der Waals surface area (Å²) in [6, 6.07) is 14.7. The first-order valence-corrected chi connectivity index (χ1v) is 11.1. The van der Waals surface area contributed by atoms with Gasteiger partial charge in [-0.2, -0.15) is 0 Å². The minimum Gasteiger partial charge on any atom is -0.324 e. The Kier molecular flexibility index (Phi) is 4.87. The van der Waals surface area contributed by atoms with Gasteiger partial charge in [0.25, 0.3) is 0 Å². The summed E-state index contributed by atoms with van der Waals surface area (Å²) < 4.78 is 0. The van der Waals surface area contributed by atoms with Crippen LogP contribution in [0.1, 0.15) is 30.9 Å². The van der Waals surface area contributed by atoms with Crippen LogP contribution in [0.25, 0.3) is 0 Å². The van der Waals surface area contributed by atoms with E-state index in [-0.39, 0.29) is 23.8 Å². The van der Waals surface area contributed by atoms with Gasteiger partial charge in [0.1, 0.15) is 5.54 Å². The van der Waals surface area contributed by atoms with Gasteiger partial charge in [-0.15, -0.1) is 0 Å². The van der Waals surface area contributed by atoms with Crippen molar-refractivity contribution in [1.29, 1.82) is 0 Å². The van der Waals surface area contributed by atoms with E-state index in [1.54, 1.807) is 18.2 Å². The molecule has 1 spiro atoms. The molecule has 0 radical (unpaired) electrons. The number of carbonyl (C=O) groups is 3. The zero-order valence-electron chi connectivity index (χ0n) is 17.2. The number of rotatable bonds is 5. The molecule has 3 aliphatic rings. The largest absolute Gasteiger partial charge is 0.324 e. The van der Waals surface area contributed by atoms with Gasteiger partial charge < -0.3 is 5.32 Å². The number of anilines is 1. The molecule has 4 atom stereocenters. The third-order valence-corrected chi connectivity index (χ3v) is 7.04. The van der Waals surface area contributed by atoms with Gasteiger partial charge in [0, 0.05) is 28.9 Å². The Bertz CT molecular complexity index is 1070. The summed E-state index contributed by atoms with van der Waals surface area (Å²) in [7, 11) is 0. The Morgan fingerprint density at radius 3 is 2.58 bits per heavy atom. The van der Waals surface area contributed by atoms with Crippen LogP contribution < -0.4 is 10.6 Å². The zero-order valence-corrected chi connectivity index (χ0v) is 18.0. The predicted octanol–water partition coefficient (Wildman–Crippen LogP) is 3.10. The number of likely N-dealkylation sites (tertiary alicyclic amines) is 1. The van der Waals surface area contributed by atoms with Crippen molar-refractivity contribution in [3.63, 3.8) is 0 Å². The Hall–Kier alpha value is -2.70. The van der Waals surface area contributed by atoms with Crippen LogP contribution in [0.2, 0.25) is 5.02 Å². The van der Waals surface area contributed by atoms with Gasteiger partial charge in [-0.1, -0.05) is 55.3 Å². The van der Waals surface area contributed by atoms with Gasteiger partial charge in [-0.05, 0) is 36.6 Å². The third-order valence-electron chi connectivity index (χ3n) is 6.80. The maximum atomic E-state index is 13.6. The van der Waals surface area contributed by atoms with Crippen LogP contribution in [0.4, 0.5) is 5.69 Å². The van der Waals surface area contributed by atoms with Gasteiger partial charge in [-0.25, -0.2) is 0 Å².